The molecule has 0 bridgehead atoms. The second-order valence-corrected chi connectivity index (χ2v) is 23.6. The van der Waals surface area contributed by atoms with E-state index in [1.165, 1.54) is 114 Å². The maximum absolute atomic E-state index is 2.71. The van der Waals surface area contributed by atoms with E-state index in [1.807, 2.05) is 22.7 Å². The third kappa shape index (κ3) is 6.56. The van der Waals surface area contributed by atoms with Crippen molar-refractivity contribution in [1.29, 1.82) is 0 Å². The standard InChI is InChI=1S/C57H59BN2S2/c1-33(2)37-28-46-51-47(29-37)60(52-34(3)26-38(27-35(52)4)50-30-36-16-14-15-17-48(36)61-50)53-43-31-40(56(8,9)10)21-25-49(43)62-54(53)58(51)44-32-41(57(11,12)13)20-24-45(44)59(46)42-22-18-39(19-23-42)55(5,6)7/h14-33H,1-13H3. The van der Waals surface area contributed by atoms with Crippen molar-refractivity contribution in [3.63, 3.8) is 0 Å². The molecule has 4 heterocycles. The summed E-state index contributed by atoms with van der Waals surface area (Å²) in [5.41, 5.74) is 19.9. The zero-order valence-corrected chi connectivity index (χ0v) is 40.5. The Bertz CT molecular complexity index is 3030. The first kappa shape index (κ1) is 40.9. The molecule has 6 aromatic carbocycles. The molecule has 2 nitrogen and oxygen atoms in total. The molecule has 10 rings (SSSR count). The summed E-state index contributed by atoms with van der Waals surface area (Å²) in [7, 11) is 0. The number of benzene rings is 6. The average Bonchev–Trinajstić information content (AvgIpc) is 3.82. The maximum atomic E-state index is 2.71. The number of nitrogens with zero attached hydrogens (tertiary/aromatic N) is 2. The molecule has 312 valence electrons. The van der Waals surface area contributed by atoms with Gasteiger partial charge in [-0.15, -0.1) is 22.7 Å². The van der Waals surface area contributed by atoms with Gasteiger partial charge < -0.3 is 9.80 Å². The van der Waals surface area contributed by atoms with E-state index < -0.39 is 0 Å². The lowest BCUT2D eigenvalue weighted by atomic mass is 9.36. The lowest BCUT2D eigenvalue weighted by Crippen LogP contribution is -2.60. The Morgan fingerprint density at radius 1 is 0.532 bits per heavy atom. The van der Waals surface area contributed by atoms with E-state index in [4.69, 9.17) is 0 Å². The summed E-state index contributed by atoms with van der Waals surface area (Å²) in [4.78, 5) is 6.62. The highest BCUT2D eigenvalue weighted by molar-refractivity contribution is 7.33. The van der Waals surface area contributed by atoms with Gasteiger partial charge in [0.2, 0.25) is 0 Å². The third-order valence-corrected chi connectivity index (χ3v) is 15.9. The van der Waals surface area contributed by atoms with Crippen LogP contribution in [-0.2, 0) is 16.2 Å². The topological polar surface area (TPSA) is 6.48 Å². The monoisotopic (exact) mass is 846 g/mol. The number of hydrogen-bond acceptors (Lipinski definition) is 4. The summed E-state index contributed by atoms with van der Waals surface area (Å²) in [5, 5.41) is 2.66. The van der Waals surface area contributed by atoms with Crippen molar-refractivity contribution in [3.8, 4) is 10.4 Å². The minimum atomic E-state index is -0.00544. The van der Waals surface area contributed by atoms with Gasteiger partial charge in [0.1, 0.15) is 0 Å². The maximum Gasteiger partial charge on any atom is 0.264 e. The molecule has 0 amide bonds. The van der Waals surface area contributed by atoms with Crippen LogP contribution in [0.15, 0.2) is 115 Å². The first-order valence-corrected chi connectivity index (χ1v) is 24.1. The van der Waals surface area contributed by atoms with Crippen LogP contribution < -0.4 is 25.5 Å². The fourth-order valence-electron chi connectivity index (χ4n) is 9.97. The number of anilines is 6. The number of thiophene rings is 2. The van der Waals surface area contributed by atoms with Gasteiger partial charge in [-0.05, 0) is 158 Å². The molecule has 5 heteroatoms. The molecule has 0 unspecified atom stereocenters. The zero-order valence-electron chi connectivity index (χ0n) is 38.8. The van der Waals surface area contributed by atoms with Gasteiger partial charge in [-0.3, -0.25) is 0 Å². The first-order chi connectivity index (χ1) is 29.3. The molecule has 2 aliphatic rings. The van der Waals surface area contributed by atoms with Crippen LogP contribution in [0.2, 0.25) is 0 Å². The molecule has 2 aliphatic heterocycles. The molecule has 0 N–H and O–H groups in total. The van der Waals surface area contributed by atoms with E-state index in [-0.39, 0.29) is 23.0 Å². The van der Waals surface area contributed by atoms with Crippen LogP contribution in [0, 0.1) is 13.8 Å². The van der Waals surface area contributed by atoms with Gasteiger partial charge in [0.25, 0.3) is 6.71 Å². The van der Waals surface area contributed by atoms with Gasteiger partial charge in [-0.1, -0.05) is 125 Å². The van der Waals surface area contributed by atoms with E-state index in [0.29, 0.717) is 5.92 Å². The summed E-state index contributed by atoms with van der Waals surface area (Å²) in [6.45, 7) is 30.5. The Balaban J connectivity index is 1.31. The van der Waals surface area contributed by atoms with E-state index in [2.05, 4.69) is 215 Å². The lowest BCUT2D eigenvalue weighted by molar-refractivity contribution is 0.590. The third-order valence-electron chi connectivity index (χ3n) is 13.5. The largest absolute Gasteiger partial charge is 0.311 e. The molecule has 0 radical (unpaired) electrons. The van der Waals surface area contributed by atoms with Crippen LogP contribution >= 0.6 is 22.7 Å². The second-order valence-electron chi connectivity index (χ2n) is 21.4. The van der Waals surface area contributed by atoms with Crippen molar-refractivity contribution in [2.24, 2.45) is 0 Å². The fraction of sp³-hybridized carbons (Fsp3) is 0.298. The molecule has 0 fully saturated rings. The van der Waals surface area contributed by atoms with Crippen molar-refractivity contribution >= 4 is 99.4 Å². The molecule has 0 saturated heterocycles. The first-order valence-electron chi connectivity index (χ1n) is 22.5. The van der Waals surface area contributed by atoms with Gasteiger partial charge in [0.05, 0.1) is 11.4 Å². The van der Waals surface area contributed by atoms with Gasteiger partial charge in [-0.2, -0.15) is 0 Å². The van der Waals surface area contributed by atoms with Gasteiger partial charge in [-0.25, -0.2) is 0 Å². The highest BCUT2D eigenvalue weighted by Gasteiger charge is 2.46. The van der Waals surface area contributed by atoms with Crippen molar-refractivity contribution in [2.45, 2.75) is 112 Å². The van der Waals surface area contributed by atoms with E-state index in [1.54, 1.807) is 0 Å². The summed E-state index contributed by atoms with van der Waals surface area (Å²) in [6.07, 6.45) is 0. The molecule has 62 heavy (non-hydrogen) atoms. The quantitative estimate of drug-likeness (QED) is 0.163. The van der Waals surface area contributed by atoms with Crippen molar-refractivity contribution in [1.82, 2.24) is 0 Å². The molecule has 0 aliphatic carbocycles. The summed E-state index contributed by atoms with van der Waals surface area (Å²) in [5.74, 6) is 0.331. The molecule has 0 saturated carbocycles. The highest BCUT2D eigenvalue weighted by atomic mass is 32.1. The van der Waals surface area contributed by atoms with Crippen LogP contribution in [0.25, 0.3) is 30.6 Å². The number of rotatable bonds is 4. The fourth-order valence-corrected chi connectivity index (χ4v) is 12.3. The molecule has 0 spiro atoms. The number of hydrogen-bond donors (Lipinski definition) is 0. The summed E-state index contributed by atoms with van der Waals surface area (Å²) >= 11 is 3.89. The minimum Gasteiger partial charge on any atom is -0.311 e. The van der Waals surface area contributed by atoms with E-state index >= 15 is 0 Å². The molecular formula is C57H59BN2S2. The summed E-state index contributed by atoms with van der Waals surface area (Å²) in [6, 6.07) is 45.2. The molecule has 2 aromatic heterocycles. The molecule has 0 atom stereocenters. The van der Waals surface area contributed by atoms with Crippen molar-refractivity contribution in [2.75, 3.05) is 9.80 Å². The van der Waals surface area contributed by atoms with Crippen LogP contribution in [0.4, 0.5) is 34.1 Å². The Labute approximate surface area is 378 Å². The van der Waals surface area contributed by atoms with Gasteiger partial charge in [0, 0.05) is 47.2 Å². The van der Waals surface area contributed by atoms with Crippen LogP contribution in [0.1, 0.15) is 115 Å². The average molecular weight is 847 g/mol. The smallest absolute Gasteiger partial charge is 0.264 e. The van der Waals surface area contributed by atoms with Crippen LogP contribution in [0.5, 0.6) is 0 Å². The Morgan fingerprint density at radius 3 is 1.76 bits per heavy atom. The zero-order chi connectivity index (χ0) is 43.8. The van der Waals surface area contributed by atoms with Crippen LogP contribution in [-0.4, -0.2) is 6.71 Å². The highest BCUT2D eigenvalue weighted by Crippen LogP contribution is 2.51. The Hall–Kier alpha value is -5.10. The summed E-state index contributed by atoms with van der Waals surface area (Å²) < 4.78 is 4.11. The van der Waals surface area contributed by atoms with Crippen molar-refractivity contribution < 1.29 is 0 Å². The lowest BCUT2D eigenvalue weighted by Gasteiger charge is -2.44. The SMILES string of the molecule is Cc1cc(-c2cc3ccccc3s2)cc(C)c1N1c2cc(C(C)C)cc3c2B(c2cc(C(C)(C)C)ccc2N3c2ccc(C(C)(C)C)cc2)c2sc3ccc(C(C)(C)C)cc3c21. The minimum absolute atomic E-state index is 0.00544. The Kier molecular flexibility index (Phi) is 9.38. The van der Waals surface area contributed by atoms with Gasteiger partial charge in [0.15, 0.2) is 0 Å². The Morgan fingerprint density at radius 2 is 1.13 bits per heavy atom. The number of fused-ring (bicyclic) bond motifs is 7. The normalized spacial score (nSPS) is 13.9. The van der Waals surface area contributed by atoms with E-state index in [9.17, 15) is 0 Å². The van der Waals surface area contributed by atoms with Crippen molar-refractivity contribution in [3.05, 3.63) is 149 Å². The predicted molar refractivity (Wildman–Crippen MR) is 276 cm³/mol. The van der Waals surface area contributed by atoms with Gasteiger partial charge >= 0.3 is 0 Å². The number of aryl methyl sites for hydroxylation is 2. The molecular weight excluding hydrogens is 788 g/mol. The predicted octanol–water partition coefficient (Wildman–Crippen LogP) is 15.5. The molecule has 8 aromatic rings. The second kappa shape index (κ2) is 14.2. The van der Waals surface area contributed by atoms with Crippen LogP contribution in [0.3, 0.4) is 0 Å². The van der Waals surface area contributed by atoms with E-state index in [0.717, 1.165) is 0 Å².